The number of Topliss-reactive ketones (excluding diaryl/α,β-unsaturated/α-hetero) is 1. The van der Waals surface area contributed by atoms with Crippen molar-refractivity contribution in [2.45, 2.75) is 32.2 Å². The van der Waals surface area contributed by atoms with Crippen LogP contribution < -0.4 is 5.32 Å². The minimum absolute atomic E-state index is 0.120. The zero-order chi connectivity index (χ0) is 10.2. The molecule has 1 aliphatic rings. The lowest BCUT2D eigenvalue weighted by Crippen LogP contribution is -2.15. The third-order valence-corrected chi connectivity index (χ3v) is 2.74. The predicted molar refractivity (Wildman–Crippen MR) is 57.7 cm³/mol. The molecule has 14 heavy (non-hydrogen) atoms. The maximum absolute atomic E-state index is 11.0. The van der Waals surface area contributed by atoms with Gasteiger partial charge in [-0.25, -0.2) is 0 Å². The molecule has 1 fully saturated rings. The first-order valence-electron chi connectivity index (χ1n) is 4.98. The lowest BCUT2D eigenvalue weighted by molar-refractivity contribution is 0.101. The summed E-state index contributed by atoms with van der Waals surface area (Å²) in [5.74, 6) is 0.120. The highest BCUT2D eigenvalue weighted by atomic mass is 16.1. The Morgan fingerprint density at radius 3 is 2.29 bits per heavy atom. The van der Waals surface area contributed by atoms with Crippen molar-refractivity contribution in [1.29, 1.82) is 0 Å². The number of hydrogen-bond acceptors (Lipinski definition) is 2. The molecule has 2 heteroatoms. The van der Waals surface area contributed by atoms with Gasteiger partial charge in [0.2, 0.25) is 0 Å². The summed E-state index contributed by atoms with van der Waals surface area (Å²) in [4.78, 5) is 11.0. The monoisotopic (exact) mass is 189 g/mol. The van der Waals surface area contributed by atoms with E-state index in [-0.39, 0.29) is 5.78 Å². The Morgan fingerprint density at radius 2 is 1.86 bits per heavy atom. The van der Waals surface area contributed by atoms with Crippen molar-refractivity contribution >= 4 is 11.5 Å². The van der Waals surface area contributed by atoms with Crippen LogP contribution in [0.25, 0.3) is 0 Å². The van der Waals surface area contributed by atoms with E-state index in [9.17, 15) is 4.79 Å². The first-order chi connectivity index (χ1) is 6.59. The first-order valence-corrected chi connectivity index (χ1v) is 4.98. The second-order valence-corrected chi connectivity index (χ2v) is 4.32. The minimum atomic E-state index is 0.120. The number of nitrogens with one attached hydrogen (secondary N) is 1. The van der Waals surface area contributed by atoms with Crippen LogP contribution in [0.5, 0.6) is 0 Å². The van der Waals surface area contributed by atoms with E-state index in [1.165, 1.54) is 12.8 Å². The molecule has 1 saturated carbocycles. The van der Waals surface area contributed by atoms with Gasteiger partial charge in [0.25, 0.3) is 0 Å². The van der Waals surface area contributed by atoms with Crippen molar-refractivity contribution in [3.05, 3.63) is 29.8 Å². The summed E-state index contributed by atoms with van der Waals surface area (Å²) in [6.45, 7) is 3.80. The van der Waals surface area contributed by atoms with Crippen molar-refractivity contribution in [3.8, 4) is 0 Å². The van der Waals surface area contributed by atoms with Gasteiger partial charge in [0.15, 0.2) is 5.78 Å². The Bertz CT molecular complexity index is 349. The summed E-state index contributed by atoms with van der Waals surface area (Å²) in [6.07, 6.45) is 2.48. The number of carbonyl (C=O) groups is 1. The molecule has 1 aliphatic carbocycles. The summed E-state index contributed by atoms with van der Waals surface area (Å²) < 4.78 is 0. The number of ketones is 1. The van der Waals surface area contributed by atoms with E-state index in [4.69, 9.17) is 0 Å². The lowest BCUT2D eigenvalue weighted by atomic mass is 10.1. The number of carbonyl (C=O) groups excluding carboxylic acids is 1. The summed E-state index contributed by atoms with van der Waals surface area (Å²) in [5.41, 5.74) is 2.18. The molecule has 1 aromatic carbocycles. The van der Waals surface area contributed by atoms with Gasteiger partial charge in [-0.3, -0.25) is 4.79 Å². The van der Waals surface area contributed by atoms with E-state index in [0.717, 1.165) is 11.3 Å². The van der Waals surface area contributed by atoms with Crippen LogP contribution in [-0.2, 0) is 0 Å². The number of benzene rings is 1. The molecule has 0 spiro atoms. The third kappa shape index (κ3) is 1.95. The smallest absolute Gasteiger partial charge is 0.159 e. The van der Waals surface area contributed by atoms with Crippen molar-refractivity contribution in [2.24, 2.45) is 0 Å². The maximum Gasteiger partial charge on any atom is 0.159 e. The third-order valence-electron chi connectivity index (χ3n) is 2.74. The molecule has 0 radical (unpaired) electrons. The summed E-state index contributed by atoms with van der Waals surface area (Å²) in [6, 6.07) is 7.69. The maximum atomic E-state index is 11.0. The fourth-order valence-corrected chi connectivity index (χ4v) is 1.45. The van der Waals surface area contributed by atoms with Gasteiger partial charge >= 0.3 is 0 Å². The molecule has 1 N–H and O–H groups in total. The topological polar surface area (TPSA) is 29.1 Å². The fourth-order valence-electron chi connectivity index (χ4n) is 1.45. The van der Waals surface area contributed by atoms with Gasteiger partial charge in [-0.05, 0) is 51.0 Å². The van der Waals surface area contributed by atoms with Gasteiger partial charge in [0, 0.05) is 16.8 Å². The van der Waals surface area contributed by atoms with Crippen LogP contribution in [-0.4, -0.2) is 11.3 Å². The van der Waals surface area contributed by atoms with E-state index in [0.29, 0.717) is 5.54 Å². The molecule has 1 aromatic rings. The van der Waals surface area contributed by atoms with Gasteiger partial charge < -0.3 is 5.32 Å². The average molecular weight is 189 g/mol. The molecule has 0 saturated heterocycles. The molecule has 2 nitrogen and oxygen atoms in total. The molecule has 2 rings (SSSR count). The number of rotatable bonds is 3. The largest absolute Gasteiger partial charge is 0.380 e. The SMILES string of the molecule is CC(=O)c1ccc(NC2(C)CC2)cc1. The van der Waals surface area contributed by atoms with Gasteiger partial charge in [-0.2, -0.15) is 0 Å². The van der Waals surface area contributed by atoms with Gasteiger partial charge in [0.05, 0.1) is 0 Å². The van der Waals surface area contributed by atoms with Gasteiger partial charge in [-0.1, -0.05) is 0 Å². The molecule has 0 aromatic heterocycles. The number of anilines is 1. The van der Waals surface area contributed by atoms with Crippen LogP contribution in [0.3, 0.4) is 0 Å². The lowest BCUT2D eigenvalue weighted by Gasteiger charge is -2.12. The molecule has 0 amide bonds. The fraction of sp³-hybridized carbons (Fsp3) is 0.417. The van der Waals surface area contributed by atoms with Crippen LogP contribution in [0, 0.1) is 0 Å². The molecular weight excluding hydrogens is 174 g/mol. The van der Waals surface area contributed by atoms with Crippen LogP contribution in [0.2, 0.25) is 0 Å². The van der Waals surface area contributed by atoms with E-state index in [2.05, 4.69) is 12.2 Å². The Kier molecular flexibility index (Phi) is 2.06. The second kappa shape index (κ2) is 3.12. The number of hydrogen-bond donors (Lipinski definition) is 1. The second-order valence-electron chi connectivity index (χ2n) is 4.32. The van der Waals surface area contributed by atoms with E-state index in [1.54, 1.807) is 6.92 Å². The molecule has 0 aliphatic heterocycles. The molecule has 74 valence electrons. The highest BCUT2D eigenvalue weighted by Gasteiger charge is 2.36. The van der Waals surface area contributed by atoms with Gasteiger partial charge in [0.1, 0.15) is 0 Å². The highest BCUT2D eigenvalue weighted by molar-refractivity contribution is 5.94. The summed E-state index contributed by atoms with van der Waals surface area (Å²) >= 11 is 0. The highest BCUT2D eigenvalue weighted by Crippen LogP contribution is 2.37. The summed E-state index contributed by atoms with van der Waals surface area (Å²) in [5, 5.41) is 3.45. The molecule has 0 unspecified atom stereocenters. The predicted octanol–water partition coefficient (Wildman–Crippen LogP) is 2.85. The normalized spacial score (nSPS) is 17.6. The molecule has 0 atom stereocenters. The van der Waals surface area contributed by atoms with E-state index < -0.39 is 0 Å². The standard InChI is InChI=1S/C12H15NO/c1-9(14)10-3-5-11(6-4-10)13-12(2)7-8-12/h3-6,13H,7-8H2,1-2H3. The zero-order valence-electron chi connectivity index (χ0n) is 8.63. The van der Waals surface area contributed by atoms with Crippen molar-refractivity contribution < 1.29 is 4.79 Å². The average Bonchev–Trinajstić information content (AvgIpc) is 2.84. The van der Waals surface area contributed by atoms with Crippen molar-refractivity contribution in [3.63, 3.8) is 0 Å². The van der Waals surface area contributed by atoms with Crippen LogP contribution in [0.4, 0.5) is 5.69 Å². The zero-order valence-corrected chi connectivity index (χ0v) is 8.63. The Morgan fingerprint density at radius 1 is 1.29 bits per heavy atom. The Labute approximate surface area is 84.3 Å². The van der Waals surface area contributed by atoms with Crippen LogP contribution >= 0.6 is 0 Å². The van der Waals surface area contributed by atoms with E-state index in [1.807, 2.05) is 24.3 Å². The molecule has 0 heterocycles. The molecule has 0 bridgehead atoms. The molecular formula is C12H15NO. The Balaban J connectivity index is 2.10. The quantitative estimate of drug-likeness (QED) is 0.741. The minimum Gasteiger partial charge on any atom is -0.380 e. The summed E-state index contributed by atoms with van der Waals surface area (Å²) in [7, 11) is 0. The van der Waals surface area contributed by atoms with Gasteiger partial charge in [-0.15, -0.1) is 0 Å². The van der Waals surface area contributed by atoms with Crippen LogP contribution in [0.1, 0.15) is 37.0 Å². The van der Waals surface area contributed by atoms with Crippen molar-refractivity contribution in [2.75, 3.05) is 5.32 Å². The van der Waals surface area contributed by atoms with E-state index >= 15 is 0 Å². The Hall–Kier alpha value is -1.31. The van der Waals surface area contributed by atoms with Crippen molar-refractivity contribution in [1.82, 2.24) is 0 Å². The van der Waals surface area contributed by atoms with Crippen LogP contribution in [0.15, 0.2) is 24.3 Å². The first kappa shape index (κ1) is 9.25.